The van der Waals surface area contributed by atoms with Gasteiger partial charge in [-0.25, -0.2) is 4.98 Å². The summed E-state index contributed by atoms with van der Waals surface area (Å²) in [6.45, 7) is 10.8. The van der Waals surface area contributed by atoms with Crippen LogP contribution in [0.2, 0.25) is 0 Å². The van der Waals surface area contributed by atoms with Crippen molar-refractivity contribution in [2.24, 2.45) is 4.99 Å². The van der Waals surface area contributed by atoms with Crippen molar-refractivity contribution in [1.29, 1.82) is 0 Å². The minimum Gasteiger partial charge on any atom is -0.379 e. The maximum absolute atomic E-state index is 5.52. The SMILES string of the molecule is CN=C(NCC(C)N1CCOCC1C)N(C)Cc1csc(C)n1. The molecule has 0 radical (unpaired) electrons. The van der Waals surface area contributed by atoms with Gasteiger partial charge in [0.15, 0.2) is 5.96 Å². The minimum absolute atomic E-state index is 0.445. The van der Waals surface area contributed by atoms with Crippen LogP contribution in [-0.2, 0) is 11.3 Å². The number of aromatic nitrogens is 1. The number of thiazole rings is 1. The van der Waals surface area contributed by atoms with Gasteiger partial charge in [-0.2, -0.15) is 0 Å². The van der Waals surface area contributed by atoms with Gasteiger partial charge in [0.25, 0.3) is 0 Å². The van der Waals surface area contributed by atoms with Crippen LogP contribution in [0, 0.1) is 6.92 Å². The van der Waals surface area contributed by atoms with Crippen LogP contribution in [0.4, 0.5) is 0 Å². The van der Waals surface area contributed by atoms with E-state index in [1.807, 2.05) is 21.0 Å². The molecule has 2 heterocycles. The second-order valence-corrected chi connectivity index (χ2v) is 7.22. The van der Waals surface area contributed by atoms with Crippen LogP contribution >= 0.6 is 11.3 Å². The van der Waals surface area contributed by atoms with Crippen LogP contribution in [0.5, 0.6) is 0 Å². The highest BCUT2D eigenvalue weighted by Crippen LogP contribution is 2.11. The van der Waals surface area contributed by atoms with E-state index in [9.17, 15) is 0 Å². The number of morpholine rings is 1. The van der Waals surface area contributed by atoms with Crippen LogP contribution in [0.15, 0.2) is 10.4 Å². The van der Waals surface area contributed by atoms with Gasteiger partial charge in [0.1, 0.15) is 0 Å². The lowest BCUT2D eigenvalue weighted by Gasteiger charge is -2.38. The van der Waals surface area contributed by atoms with Crippen LogP contribution in [0.3, 0.4) is 0 Å². The van der Waals surface area contributed by atoms with Crippen molar-refractivity contribution in [2.75, 3.05) is 40.4 Å². The van der Waals surface area contributed by atoms with Gasteiger partial charge in [0.2, 0.25) is 0 Å². The van der Waals surface area contributed by atoms with Gasteiger partial charge in [0, 0.05) is 44.6 Å². The highest BCUT2D eigenvalue weighted by Gasteiger charge is 2.23. The maximum atomic E-state index is 5.52. The zero-order valence-electron chi connectivity index (χ0n) is 14.9. The van der Waals surface area contributed by atoms with Crippen molar-refractivity contribution in [2.45, 2.75) is 39.4 Å². The molecule has 2 unspecified atom stereocenters. The number of hydrogen-bond donors (Lipinski definition) is 1. The molecule has 2 atom stereocenters. The second-order valence-electron chi connectivity index (χ2n) is 6.15. The van der Waals surface area contributed by atoms with Crippen LogP contribution in [0.1, 0.15) is 24.5 Å². The van der Waals surface area contributed by atoms with Crippen LogP contribution < -0.4 is 5.32 Å². The molecule has 0 aromatic carbocycles. The van der Waals surface area contributed by atoms with Crippen LogP contribution in [0.25, 0.3) is 0 Å². The Morgan fingerprint density at radius 2 is 2.43 bits per heavy atom. The molecule has 130 valence electrons. The number of guanidine groups is 1. The molecule has 0 amide bonds. The lowest BCUT2D eigenvalue weighted by molar-refractivity contribution is -0.0175. The Kier molecular flexibility index (Phi) is 6.80. The Bertz CT molecular complexity index is 518. The first kappa shape index (κ1) is 18.2. The van der Waals surface area contributed by atoms with E-state index in [1.165, 1.54) is 0 Å². The molecular formula is C16H29N5OS. The number of rotatable bonds is 5. The number of ether oxygens (including phenoxy) is 1. The van der Waals surface area contributed by atoms with E-state index in [1.54, 1.807) is 11.3 Å². The first-order chi connectivity index (χ1) is 11.0. The molecule has 1 fully saturated rings. The fourth-order valence-corrected chi connectivity index (χ4v) is 3.54. The summed E-state index contributed by atoms with van der Waals surface area (Å²) in [7, 11) is 3.87. The van der Waals surface area contributed by atoms with Gasteiger partial charge in [-0.15, -0.1) is 11.3 Å². The van der Waals surface area contributed by atoms with E-state index in [0.29, 0.717) is 12.1 Å². The monoisotopic (exact) mass is 339 g/mol. The Morgan fingerprint density at radius 1 is 1.65 bits per heavy atom. The third-order valence-corrected chi connectivity index (χ3v) is 5.00. The molecule has 1 aromatic heterocycles. The molecule has 0 aliphatic carbocycles. The van der Waals surface area contributed by atoms with Gasteiger partial charge in [-0.1, -0.05) is 0 Å². The van der Waals surface area contributed by atoms with Crippen molar-refractivity contribution >= 4 is 17.3 Å². The summed E-state index contributed by atoms with van der Waals surface area (Å²) in [5.74, 6) is 0.906. The van der Waals surface area contributed by atoms with E-state index < -0.39 is 0 Å². The average Bonchev–Trinajstić information content (AvgIpc) is 2.93. The van der Waals surface area contributed by atoms with E-state index in [2.05, 4.69) is 44.3 Å². The molecule has 1 saturated heterocycles. The molecule has 7 heteroatoms. The third-order valence-electron chi connectivity index (χ3n) is 4.18. The number of aliphatic imine (C=N–C) groups is 1. The summed E-state index contributed by atoms with van der Waals surface area (Å²) in [6, 6.07) is 0.916. The molecule has 2 rings (SSSR count). The quantitative estimate of drug-likeness (QED) is 0.652. The van der Waals surface area contributed by atoms with E-state index in [-0.39, 0.29) is 0 Å². The lowest BCUT2D eigenvalue weighted by atomic mass is 10.2. The minimum atomic E-state index is 0.445. The number of nitrogens with zero attached hydrogens (tertiary/aromatic N) is 4. The highest BCUT2D eigenvalue weighted by molar-refractivity contribution is 7.09. The molecule has 1 aromatic rings. The number of nitrogens with one attached hydrogen (secondary N) is 1. The summed E-state index contributed by atoms with van der Waals surface area (Å²) < 4.78 is 5.52. The van der Waals surface area contributed by atoms with Crippen molar-refractivity contribution < 1.29 is 4.74 Å². The van der Waals surface area contributed by atoms with Crippen molar-refractivity contribution in [3.63, 3.8) is 0 Å². The van der Waals surface area contributed by atoms with Gasteiger partial charge in [-0.05, 0) is 20.8 Å². The van der Waals surface area contributed by atoms with Crippen molar-refractivity contribution in [3.05, 3.63) is 16.1 Å². The molecule has 23 heavy (non-hydrogen) atoms. The standard InChI is InChI=1S/C16H29N5OS/c1-12(21-6-7-22-10-13(21)2)8-18-16(17-4)20(5)9-15-11-23-14(3)19-15/h11-13H,6-10H2,1-5H3,(H,17,18). The lowest BCUT2D eigenvalue weighted by Crippen LogP contribution is -2.53. The summed E-state index contributed by atoms with van der Waals surface area (Å²) in [5, 5.41) is 6.69. The largest absolute Gasteiger partial charge is 0.379 e. The first-order valence-electron chi connectivity index (χ1n) is 8.17. The normalized spacial score (nSPS) is 21.3. The maximum Gasteiger partial charge on any atom is 0.193 e. The van der Waals surface area contributed by atoms with Gasteiger partial charge < -0.3 is 15.0 Å². The Morgan fingerprint density at radius 3 is 3.04 bits per heavy atom. The van der Waals surface area contributed by atoms with Crippen molar-refractivity contribution in [3.8, 4) is 0 Å². The van der Waals surface area contributed by atoms with Gasteiger partial charge in [-0.3, -0.25) is 9.89 Å². The zero-order valence-corrected chi connectivity index (χ0v) is 15.7. The summed E-state index contributed by atoms with van der Waals surface area (Å²) >= 11 is 1.69. The molecule has 0 saturated carbocycles. The Labute approximate surface area is 143 Å². The predicted molar refractivity (Wildman–Crippen MR) is 96.1 cm³/mol. The van der Waals surface area contributed by atoms with Gasteiger partial charge in [0.05, 0.1) is 30.5 Å². The summed E-state index contributed by atoms with van der Waals surface area (Å²) in [5.41, 5.74) is 1.09. The zero-order chi connectivity index (χ0) is 16.8. The molecule has 6 nitrogen and oxygen atoms in total. The van der Waals surface area contributed by atoms with Crippen molar-refractivity contribution in [1.82, 2.24) is 20.1 Å². The number of aryl methyl sites for hydroxylation is 1. The molecule has 0 spiro atoms. The fourth-order valence-electron chi connectivity index (χ4n) is 2.93. The second kappa shape index (κ2) is 8.61. The van der Waals surface area contributed by atoms with Crippen LogP contribution in [-0.4, -0.2) is 73.2 Å². The average molecular weight is 340 g/mol. The topological polar surface area (TPSA) is 53.0 Å². The molecule has 1 N–H and O–H groups in total. The molecule has 0 bridgehead atoms. The highest BCUT2D eigenvalue weighted by atomic mass is 32.1. The summed E-state index contributed by atoms with van der Waals surface area (Å²) in [4.78, 5) is 13.5. The van der Waals surface area contributed by atoms with E-state index in [0.717, 1.165) is 49.5 Å². The molecular weight excluding hydrogens is 310 g/mol. The smallest absolute Gasteiger partial charge is 0.193 e. The summed E-state index contributed by atoms with van der Waals surface area (Å²) in [6.07, 6.45) is 0. The molecule has 1 aliphatic rings. The first-order valence-corrected chi connectivity index (χ1v) is 9.05. The van der Waals surface area contributed by atoms with Gasteiger partial charge >= 0.3 is 0 Å². The molecule has 1 aliphatic heterocycles. The predicted octanol–water partition coefficient (Wildman–Crippen LogP) is 1.57. The fraction of sp³-hybridized carbons (Fsp3) is 0.750. The van der Waals surface area contributed by atoms with E-state index in [4.69, 9.17) is 4.74 Å². The number of hydrogen-bond acceptors (Lipinski definition) is 5. The Balaban J connectivity index is 1.84. The Hall–Kier alpha value is -1.18. The van der Waals surface area contributed by atoms with E-state index >= 15 is 0 Å². The third kappa shape index (κ3) is 5.16.